The largest absolute Gasteiger partial charge is 0.457 e. The number of nitriles is 1. The van der Waals surface area contributed by atoms with Crippen LogP contribution in [-0.4, -0.2) is 27.7 Å². The van der Waals surface area contributed by atoms with Gasteiger partial charge in [0.05, 0.1) is 6.07 Å². The molecule has 1 saturated carbocycles. The predicted molar refractivity (Wildman–Crippen MR) is 78.3 cm³/mol. The summed E-state index contributed by atoms with van der Waals surface area (Å²) in [5.41, 5.74) is -0.254. The minimum absolute atomic E-state index is 0.281. The highest BCUT2D eigenvalue weighted by Gasteiger charge is 2.69. The van der Waals surface area contributed by atoms with E-state index in [9.17, 15) is 9.59 Å². The fraction of sp³-hybridized carbons (Fsp3) is 0.538. The van der Waals surface area contributed by atoms with Gasteiger partial charge < -0.3 is 4.74 Å². The van der Waals surface area contributed by atoms with Gasteiger partial charge in [0.25, 0.3) is 0 Å². The lowest BCUT2D eigenvalue weighted by molar-refractivity contribution is -0.153. The Labute approximate surface area is 135 Å². The summed E-state index contributed by atoms with van der Waals surface area (Å²) in [6.07, 6.45) is 0.281. The number of hydrogen-bond donors (Lipinski definition) is 0. The lowest BCUT2D eigenvalue weighted by Crippen LogP contribution is -2.26. The van der Waals surface area contributed by atoms with Crippen LogP contribution in [0.1, 0.15) is 30.0 Å². The molecule has 0 bridgehead atoms. The maximum atomic E-state index is 12.0. The van der Waals surface area contributed by atoms with Gasteiger partial charge in [0.15, 0.2) is 18.3 Å². The fourth-order valence-corrected chi connectivity index (χ4v) is 3.32. The van der Waals surface area contributed by atoms with E-state index in [1.54, 1.807) is 19.2 Å². The Morgan fingerprint density at radius 1 is 1.62 bits per heavy atom. The second-order valence-corrected chi connectivity index (χ2v) is 7.52. The molecule has 0 amide bonds. The van der Waals surface area contributed by atoms with Gasteiger partial charge in [0, 0.05) is 17.5 Å². The monoisotopic (exact) mass is 346 g/mol. The van der Waals surface area contributed by atoms with Crippen molar-refractivity contribution in [1.29, 1.82) is 5.26 Å². The van der Waals surface area contributed by atoms with Gasteiger partial charge in [-0.05, 0) is 13.8 Å². The predicted octanol–water partition coefficient (Wildman–Crippen LogP) is 2.75. The number of aryl methyl sites for hydroxylation is 1. The molecular formula is C13H12Cl2N2O3S. The Morgan fingerprint density at radius 2 is 2.24 bits per heavy atom. The van der Waals surface area contributed by atoms with Crippen LogP contribution in [0.25, 0.3) is 0 Å². The third kappa shape index (κ3) is 3.05. The Hall–Kier alpha value is -1.16. The number of nitrogens with zero attached hydrogens (tertiary/aromatic N) is 2. The molecule has 1 fully saturated rings. The average Bonchev–Trinajstić information content (AvgIpc) is 2.73. The Kier molecular flexibility index (Phi) is 4.29. The van der Waals surface area contributed by atoms with Crippen LogP contribution < -0.4 is 0 Å². The van der Waals surface area contributed by atoms with Gasteiger partial charge >= 0.3 is 5.97 Å². The van der Waals surface area contributed by atoms with Crippen LogP contribution in [0, 0.1) is 23.7 Å². The SMILES string of the molecule is Cc1csc([C@H](C#N)C(=O)COC(=O)[C@@]2(C)CC2(Cl)Cl)n1. The van der Waals surface area contributed by atoms with E-state index >= 15 is 0 Å². The third-order valence-corrected chi connectivity index (χ3v) is 5.52. The summed E-state index contributed by atoms with van der Waals surface area (Å²) >= 11 is 13.0. The first kappa shape index (κ1) is 16.2. The number of thiazole rings is 1. The second kappa shape index (κ2) is 5.56. The lowest BCUT2D eigenvalue weighted by Gasteiger charge is -2.12. The first-order valence-corrected chi connectivity index (χ1v) is 7.74. The molecule has 0 aliphatic heterocycles. The van der Waals surface area contributed by atoms with Crippen LogP contribution in [0.3, 0.4) is 0 Å². The summed E-state index contributed by atoms with van der Waals surface area (Å²) in [5, 5.41) is 11.2. The first-order valence-electron chi connectivity index (χ1n) is 6.11. The molecule has 1 aromatic rings. The molecule has 2 atom stereocenters. The Balaban J connectivity index is 1.96. The maximum Gasteiger partial charge on any atom is 0.315 e. The van der Waals surface area contributed by atoms with Crippen molar-refractivity contribution in [2.45, 2.75) is 30.5 Å². The lowest BCUT2D eigenvalue weighted by atomic mass is 10.1. The molecule has 21 heavy (non-hydrogen) atoms. The number of ketones is 1. The Morgan fingerprint density at radius 3 is 2.67 bits per heavy atom. The van der Waals surface area contributed by atoms with Gasteiger partial charge in [-0.15, -0.1) is 34.5 Å². The number of aromatic nitrogens is 1. The molecule has 5 nitrogen and oxygen atoms in total. The zero-order valence-electron chi connectivity index (χ0n) is 11.4. The number of esters is 1. The van der Waals surface area contributed by atoms with Gasteiger partial charge in [0.1, 0.15) is 14.8 Å². The summed E-state index contributed by atoms with van der Waals surface area (Å²) in [5.74, 6) is -2.17. The molecule has 0 unspecified atom stereocenters. The molecule has 2 rings (SSSR count). The highest BCUT2D eigenvalue weighted by Crippen LogP contribution is 2.64. The van der Waals surface area contributed by atoms with Crippen molar-refractivity contribution in [2.24, 2.45) is 5.41 Å². The van der Waals surface area contributed by atoms with E-state index in [1.165, 1.54) is 11.3 Å². The number of alkyl halides is 2. The van der Waals surface area contributed by atoms with E-state index in [1.807, 2.05) is 6.07 Å². The Bertz CT molecular complexity index is 638. The highest BCUT2D eigenvalue weighted by atomic mass is 35.5. The van der Waals surface area contributed by atoms with E-state index in [-0.39, 0.29) is 6.42 Å². The van der Waals surface area contributed by atoms with Crippen molar-refractivity contribution in [3.63, 3.8) is 0 Å². The van der Waals surface area contributed by atoms with Gasteiger partial charge in [-0.2, -0.15) is 5.26 Å². The van der Waals surface area contributed by atoms with Gasteiger partial charge in [-0.1, -0.05) is 0 Å². The quantitative estimate of drug-likeness (QED) is 0.604. The molecule has 1 aromatic heterocycles. The van der Waals surface area contributed by atoms with Crippen LogP contribution in [-0.2, 0) is 14.3 Å². The maximum absolute atomic E-state index is 12.0. The van der Waals surface area contributed by atoms with Crippen molar-refractivity contribution in [3.05, 3.63) is 16.1 Å². The highest BCUT2D eigenvalue weighted by molar-refractivity contribution is 7.09. The molecule has 8 heteroatoms. The van der Waals surface area contributed by atoms with E-state index in [2.05, 4.69) is 4.98 Å². The van der Waals surface area contributed by atoms with E-state index < -0.39 is 34.0 Å². The van der Waals surface area contributed by atoms with Crippen molar-refractivity contribution in [2.75, 3.05) is 6.61 Å². The normalized spacial score (nSPS) is 24.0. The average molecular weight is 347 g/mol. The van der Waals surface area contributed by atoms with Gasteiger partial charge in [0.2, 0.25) is 0 Å². The van der Waals surface area contributed by atoms with Crippen LogP contribution in [0.5, 0.6) is 0 Å². The molecule has 112 valence electrons. The molecule has 0 spiro atoms. The number of halogens is 2. The summed E-state index contributed by atoms with van der Waals surface area (Å²) in [6.45, 7) is 2.86. The number of Topliss-reactive ketones (excluding diaryl/α,β-unsaturated/α-hetero) is 1. The van der Waals surface area contributed by atoms with Gasteiger partial charge in [-0.25, -0.2) is 4.98 Å². The number of carbonyl (C=O) groups excluding carboxylic acids is 2. The van der Waals surface area contributed by atoms with Crippen LogP contribution in [0.4, 0.5) is 0 Å². The van der Waals surface area contributed by atoms with Crippen LogP contribution in [0.2, 0.25) is 0 Å². The van der Waals surface area contributed by atoms with Crippen molar-refractivity contribution in [1.82, 2.24) is 4.98 Å². The summed E-state index contributed by atoms with van der Waals surface area (Å²) in [6, 6.07) is 1.88. The zero-order chi connectivity index (χ0) is 15.8. The number of ether oxygens (including phenoxy) is 1. The van der Waals surface area contributed by atoms with Crippen molar-refractivity contribution in [3.8, 4) is 6.07 Å². The minimum Gasteiger partial charge on any atom is -0.457 e. The smallest absolute Gasteiger partial charge is 0.315 e. The fourth-order valence-electron chi connectivity index (χ4n) is 1.77. The molecule has 0 saturated heterocycles. The van der Waals surface area contributed by atoms with Crippen LogP contribution >= 0.6 is 34.5 Å². The van der Waals surface area contributed by atoms with Crippen molar-refractivity contribution < 1.29 is 14.3 Å². The number of rotatable bonds is 5. The standard InChI is InChI=1S/C13H12Cl2N2O3S/c1-7-5-21-10(17-7)8(3-16)9(18)4-20-11(19)12(2)6-13(12,14)15/h5,8H,4,6H2,1-2H3/t8-,12-/m1/s1. The van der Waals surface area contributed by atoms with E-state index in [0.29, 0.717) is 5.01 Å². The van der Waals surface area contributed by atoms with Gasteiger partial charge in [-0.3, -0.25) is 9.59 Å². The second-order valence-electron chi connectivity index (χ2n) is 5.15. The van der Waals surface area contributed by atoms with Crippen LogP contribution in [0.15, 0.2) is 5.38 Å². The van der Waals surface area contributed by atoms with Crippen molar-refractivity contribution >= 4 is 46.3 Å². The minimum atomic E-state index is -1.14. The number of carbonyl (C=O) groups is 2. The molecule has 0 radical (unpaired) electrons. The molecular weight excluding hydrogens is 335 g/mol. The zero-order valence-corrected chi connectivity index (χ0v) is 13.7. The summed E-state index contributed by atoms with van der Waals surface area (Å²) < 4.78 is 3.80. The molecule has 1 heterocycles. The topological polar surface area (TPSA) is 80.0 Å². The molecule has 0 aromatic carbocycles. The number of hydrogen-bond acceptors (Lipinski definition) is 6. The molecule has 0 N–H and O–H groups in total. The van der Waals surface area contributed by atoms with E-state index in [4.69, 9.17) is 33.2 Å². The van der Waals surface area contributed by atoms with E-state index in [0.717, 1.165) is 5.69 Å². The molecule has 1 aliphatic carbocycles. The molecule has 1 aliphatic rings. The third-order valence-electron chi connectivity index (χ3n) is 3.39. The summed E-state index contributed by atoms with van der Waals surface area (Å²) in [7, 11) is 0. The summed E-state index contributed by atoms with van der Waals surface area (Å²) in [4.78, 5) is 28.0. The first-order chi connectivity index (χ1) is 9.71.